The number of hydrogen-bond acceptors (Lipinski definition) is 5. The fraction of sp³-hybridized carbons (Fsp3) is 0.167. The molecular weight excluding hydrogens is 306 g/mol. The Kier molecular flexibility index (Phi) is 4.86. The molecular formula is C18H17N3O3. The van der Waals surface area contributed by atoms with Gasteiger partial charge in [-0.05, 0) is 31.2 Å². The number of benzene rings is 2. The van der Waals surface area contributed by atoms with Crippen molar-refractivity contribution >= 4 is 22.5 Å². The Balaban J connectivity index is 1.67. The quantitative estimate of drug-likeness (QED) is 0.755. The van der Waals surface area contributed by atoms with E-state index in [0.717, 1.165) is 10.9 Å². The number of hydrogen-bond donors (Lipinski definition) is 1. The van der Waals surface area contributed by atoms with Gasteiger partial charge in [-0.1, -0.05) is 24.3 Å². The van der Waals surface area contributed by atoms with Gasteiger partial charge in [0.25, 0.3) is 5.91 Å². The summed E-state index contributed by atoms with van der Waals surface area (Å²) < 4.78 is 11.0. The van der Waals surface area contributed by atoms with E-state index in [1.807, 2.05) is 43.3 Å². The van der Waals surface area contributed by atoms with Crippen LogP contribution in [-0.4, -0.2) is 29.1 Å². The smallest absolute Gasteiger partial charge is 0.262 e. The SMILES string of the molecule is CCOc1ccccc1NC(=O)COc1ncnc2ccccc12. The van der Waals surface area contributed by atoms with Crippen LogP contribution in [0.25, 0.3) is 10.9 Å². The summed E-state index contributed by atoms with van der Waals surface area (Å²) in [5.41, 5.74) is 1.38. The Bertz CT molecular complexity index is 846. The monoisotopic (exact) mass is 323 g/mol. The van der Waals surface area contributed by atoms with Gasteiger partial charge in [0.15, 0.2) is 6.61 Å². The average Bonchev–Trinajstić information content (AvgIpc) is 2.62. The summed E-state index contributed by atoms with van der Waals surface area (Å²) in [6, 6.07) is 14.7. The Morgan fingerprint density at radius 3 is 2.71 bits per heavy atom. The number of fused-ring (bicyclic) bond motifs is 1. The second-order valence-corrected chi connectivity index (χ2v) is 4.96. The minimum atomic E-state index is -0.287. The van der Waals surface area contributed by atoms with Gasteiger partial charge in [-0.2, -0.15) is 0 Å². The van der Waals surface area contributed by atoms with Crippen molar-refractivity contribution in [1.29, 1.82) is 0 Å². The predicted octanol–water partition coefficient (Wildman–Crippen LogP) is 3.05. The molecule has 122 valence electrons. The van der Waals surface area contributed by atoms with Gasteiger partial charge < -0.3 is 14.8 Å². The first-order valence-corrected chi connectivity index (χ1v) is 7.62. The van der Waals surface area contributed by atoms with Crippen molar-refractivity contribution in [3.63, 3.8) is 0 Å². The molecule has 3 rings (SSSR count). The first-order chi connectivity index (χ1) is 11.8. The predicted molar refractivity (Wildman–Crippen MR) is 91.3 cm³/mol. The summed E-state index contributed by atoms with van der Waals surface area (Å²) in [5, 5.41) is 3.55. The highest BCUT2D eigenvalue weighted by Gasteiger charge is 2.10. The molecule has 1 N–H and O–H groups in total. The molecule has 0 unspecified atom stereocenters. The zero-order valence-corrected chi connectivity index (χ0v) is 13.2. The summed E-state index contributed by atoms with van der Waals surface area (Å²) in [6.07, 6.45) is 1.42. The normalized spacial score (nSPS) is 10.4. The first-order valence-electron chi connectivity index (χ1n) is 7.62. The maximum atomic E-state index is 12.1. The fourth-order valence-corrected chi connectivity index (χ4v) is 2.27. The van der Waals surface area contributed by atoms with Crippen molar-refractivity contribution in [3.05, 3.63) is 54.9 Å². The number of para-hydroxylation sites is 3. The molecule has 0 radical (unpaired) electrons. The van der Waals surface area contributed by atoms with Crippen molar-refractivity contribution in [2.45, 2.75) is 6.92 Å². The molecule has 0 bridgehead atoms. The van der Waals surface area contributed by atoms with Crippen molar-refractivity contribution in [2.75, 3.05) is 18.5 Å². The molecule has 6 heteroatoms. The molecule has 6 nitrogen and oxygen atoms in total. The summed E-state index contributed by atoms with van der Waals surface area (Å²) in [4.78, 5) is 20.4. The number of aromatic nitrogens is 2. The van der Waals surface area contributed by atoms with Crippen LogP contribution in [0.4, 0.5) is 5.69 Å². The number of ether oxygens (including phenoxy) is 2. The minimum absolute atomic E-state index is 0.151. The minimum Gasteiger partial charge on any atom is -0.492 e. The Labute approximate surface area is 139 Å². The van der Waals surface area contributed by atoms with Crippen molar-refractivity contribution in [2.24, 2.45) is 0 Å². The van der Waals surface area contributed by atoms with Crippen LogP contribution in [0.3, 0.4) is 0 Å². The van der Waals surface area contributed by atoms with Crippen LogP contribution in [0.1, 0.15) is 6.92 Å². The lowest BCUT2D eigenvalue weighted by atomic mass is 10.2. The lowest BCUT2D eigenvalue weighted by molar-refractivity contribution is -0.118. The van der Waals surface area contributed by atoms with Gasteiger partial charge in [0, 0.05) is 0 Å². The van der Waals surface area contributed by atoms with Crippen molar-refractivity contribution < 1.29 is 14.3 Å². The third-order valence-corrected chi connectivity index (χ3v) is 3.31. The molecule has 0 atom stereocenters. The van der Waals surface area contributed by atoms with Gasteiger partial charge in [-0.15, -0.1) is 0 Å². The van der Waals surface area contributed by atoms with Crippen molar-refractivity contribution in [3.8, 4) is 11.6 Å². The third-order valence-electron chi connectivity index (χ3n) is 3.31. The van der Waals surface area contributed by atoms with E-state index in [1.165, 1.54) is 6.33 Å². The number of nitrogens with zero attached hydrogens (tertiary/aromatic N) is 2. The van der Waals surface area contributed by atoms with Crippen LogP contribution >= 0.6 is 0 Å². The molecule has 0 saturated carbocycles. The Morgan fingerprint density at radius 1 is 1.04 bits per heavy atom. The Morgan fingerprint density at radius 2 is 1.83 bits per heavy atom. The number of carbonyl (C=O) groups is 1. The lowest BCUT2D eigenvalue weighted by Gasteiger charge is -2.12. The zero-order chi connectivity index (χ0) is 16.8. The summed E-state index contributed by atoms with van der Waals surface area (Å²) in [7, 11) is 0. The second kappa shape index (κ2) is 7.41. The molecule has 1 heterocycles. The Hall–Kier alpha value is -3.15. The number of carbonyl (C=O) groups excluding carboxylic acids is 1. The van der Waals surface area contributed by atoms with E-state index in [0.29, 0.717) is 23.9 Å². The maximum absolute atomic E-state index is 12.1. The van der Waals surface area contributed by atoms with Crippen LogP contribution in [0.5, 0.6) is 11.6 Å². The second-order valence-electron chi connectivity index (χ2n) is 4.96. The van der Waals surface area contributed by atoms with Gasteiger partial charge in [-0.3, -0.25) is 4.79 Å². The van der Waals surface area contributed by atoms with Gasteiger partial charge >= 0.3 is 0 Å². The summed E-state index contributed by atoms with van der Waals surface area (Å²) in [6.45, 7) is 2.26. The number of nitrogens with one attached hydrogen (secondary N) is 1. The van der Waals surface area contributed by atoms with Gasteiger partial charge in [0.2, 0.25) is 5.88 Å². The van der Waals surface area contributed by atoms with E-state index >= 15 is 0 Å². The molecule has 0 spiro atoms. The highest BCUT2D eigenvalue weighted by molar-refractivity contribution is 5.93. The van der Waals surface area contributed by atoms with Crippen LogP contribution < -0.4 is 14.8 Å². The fourth-order valence-electron chi connectivity index (χ4n) is 2.27. The number of anilines is 1. The highest BCUT2D eigenvalue weighted by Crippen LogP contribution is 2.24. The third kappa shape index (κ3) is 3.60. The summed E-state index contributed by atoms with van der Waals surface area (Å²) in [5.74, 6) is 0.722. The van der Waals surface area contributed by atoms with Crippen LogP contribution in [0.15, 0.2) is 54.9 Å². The first kappa shape index (κ1) is 15.7. The van der Waals surface area contributed by atoms with Crippen LogP contribution in [-0.2, 0) is 4.79 Å². The highest BCUT2D eigenvalue weighted by atomic mass is 16.5. The molecule has 0 saturated heterocycles. The van der Waals surface area contributed by atoms with Gasteiger partial charge in [0.05, 0.1) is 23.2 Å². The largest absolute Gasteiger partial charge is 0.492 e. The number of rotatable bonds is 6. The molecule has 2 aromatic carbocycles. The van der Waals surface area contributed by atoms with E-state index in [-0.39, 0.29) is 12.5 Å². The maximum Gasteiger partial charge on any atom is 0.262 e. The van der Waals surface area contributed by atoms with E-state index in [4.69, 9.17) is 9.47 Å². The molecule has 1 amide bonds. The molecule has 3 aromatic rings. The molecule has 0 aliphatic carbocycles. The van der Waals surface area contributed by atoms with Gasteiger partial charge in [0.1, 0.15) is 12.1 Å². The van der Waals surface area contributed by atoms with E-state index in [2.05, 4.69) is 15.3 Å². The van der Waals surface area contributed by atoms with Crippen molar-refractivity contribution in [1.82, 2.24) is 9.97 Å². The lowest BCUT2D eigenvalue weighted by Crippen LogP contribution is -2.21. The van der Waals surface area contributed by atoms with Crippen LogP contribution in [0.2, 0.25) is 0 Å². The molecule has 1 aromatic heterocycles. The topological polar surface area (TPSA) is 73.3 Å². The van der Waals surface area contributed by atoms with Crippen LogP contribution in [0, 0.1) is 0 Å². The number of amides is 1. The molecule has 0 fully saturated rings. The molecule has 0 aliphatic rings. The van der Waals surface area contributed by atoms with E-state index in [1.54, 1.807) is 12.1 Å². The standard InChI is InChI=1S/C18H17N3O3/c1-2-23-16-10-6-5-9-15(16)21-17(22)11-24-18-13-7-3-4-8-14(13)19-12-20-18/h3-10,12H,2,11H2,1H3,(H,21,22). The average molecular weight is 323 g/mol. The summed E-state index contributed by atoms with van der Waals surface area (Å²) >= 11 is 0. The van der Waals surface area contributed by atoms with E-state index in [9.17, 15) is 4.79 Å². The molecule has 0 aliphatic heterocycles. The van der Waals surface area contributed by atoms with Gasteiger partial charge in [-0.25, -0.2) is 9.97 Å². The zero-order valence-electron chi connectivity index (χ0n) is 13.2. The van der Waals surface area contributed by atoms with E-state index < -0.39 is 0 Å². The molecule has 24 heavy (non-hydrogen) atoms.